The number of nitrogens with one attached hydrogen (secondary N) is 1. The number of nitrogens with zero attached hydrogens (tertiary/aromatic N) is 4. The van der Waals surface area contributed by atoms with Crippen LogP contribution in [0.25, 0.3) is 0 Å². The molecule has 0 saturated carbocycles. The van der Waals surface area contributed by atoms with Crippen LogP contribution in [-0.4, -0.2) is 71.1 Å². The number of carbonyl (C=O) groups is 2. The van der Waals surface area contributed by atoms with Crippen molar-refractivity contribution in [2.45, 2.75) is 19.4 Å². The number of hydrogen-bond acceptors (Lipinski definition) is 3. The lowest BCUT2D eigenvalue weighted by Gasteiger charge is -2.34. The third kappa shape index (κ3) is 3.74. The van der Waals surface area contributed by atoms with Crippen LogP contribution in [-0.2, 0) is 11.3 Å². The van der Waals surface area contributed by atoms with Crippen molar-refractivity contribution in [3.05, 3.63) is 18.0 Å². The molecule has 1 N–H and O–H groups in total. The first-order valence-corrected chi connectivity index (χ1v) is 7.18. The molecular formula is C14H23N5O2. The van der Waals surface area contributed by atoms with Gasteiger partial charge in [0.05, 0.1) is 6.20 Å². The highest BCUT2D eigenvalue weighted by Gasteiger charge is 2.29. The molecule has 1 aromatic rings. The maximum absolute atomic E-state index is 12.4. The van der Waals surface area contributed by atoms with E-state index >= 15 is 0 Å². The predicted octanol–water partition coefficient (Wildman–Crippen LogP) is 0.762. The van der Waals surface area contributed by atoms with Gasteiger partial charge in [-0.2, -0.15) is 5.10 Å². The maximum atomic E-state index is 12.4. The van der Waals surface area contributed by atoms with Crippen molar-refractivity contribution in [1.82, 2.24) is 24.9 Å². The van der Waals surface area contributed by atoms with Gasteiger partial charge in [0.2, 0.25) is 5.91 Å². The van der Waals surface area contributed by atoms with Gasteiger partial charge in [-0.05, 0) is 12.8 Å². The third-order valence-electron chi connectivity index (χ3n) is 3.85. The maximum Gasteiger partial charge on any atom is 0.319 e. The van der Waals surface area contributed by atoms with E-state index in [1.54, 1.807) is 41.2 Å². The molecule has 1 saturated heterocycles. The number of carbonyl (C=O) groups excluding carboxylic acids is 2. The molecule has 0 aliphatic carbocycles. The number of rotatable bonds is 3. The zero-order valence-electron chi connectivity index (χ0n) is 12.9. The van der Waals surface area contributed by atoms with E-state index in [1.807, 2.05) is 7.05 Å². The zero-order chi connectivity index (χ0) is 15.4. The minimum Gasteiger partial charge on any atom is -0.341 e. The van der Waals surface area contributed by atoms with Gasteiger partial charge in [0, 0.05) is 58.5 Å². The molecule has 1 aliphatic heterocycles. The molecule has 0 bridgehead atoms. The first kappa shape index (κ1) is 15.3. The Balaban J connectivity index is 1.84. The fourth-order valence-electron chi connectivity index (χ4n) is 2.63. The van der Waals surface area contributed by atoms with E-state index in [9.17, 15) is 9.59 Å². The summed E-state index contributed by atoms with van der Waals surface area (Å²) < 4.78 is 0. The molecule has 0 radical (unpaired) electrons. The van der Waals surface area contributed by atoms with Crippen molar-refractivity contribution in [1.29, 1.82) is 0 Å². The predicted molar refractivity (Wildman–Crippen MR) is 78.4 cm³/mol. The van der Waals surface area contributed by atoms with Crippen LogP contribution in [0.15, 0.2) is 12.4 Å². The van der Waals surface area contributed by atoms with Gasteiger partial charge < -0.3 is 14.7 Å². The molecule has 2 heterocycles. The van der Waals surface area contributed by atoms with Crippen LogP contribution < -0.4 is 0 Å². The monoisotopic (exact) mass is 293 g/mol. The second kappa shape index (κ2) is 6.60. The average Bonchev–Trinajstić information content (AvgIpc) is 2.98. The van der Waals surface area contributed by atoms with Gasteiger partial charge in [0.1, 0.15) is 0 Å². The summed E-state index contributed by atoms with van der Waals surface area (Å²) in [6.07, 6.45) is 4.98. The number of likely N-dealkylation sites (tertiary alicyclic amines) is 1. The highest BCUT2D eigenvalue weighted by Crippen LogP contribution is 2.20. The van der Waals surface area contributed by atoms with Gasteiger partial charge in [-0.25, -0.2) is 4.79 Å². The van der Waals surface area contributed by atoms with Crippen LogP contribution in [0, 0.1) is 5.92 Å². The summed E-state index contributed by atoms with van der Waals surface area (Å²) in [5, 5.41) is 6.63. The van der Waals surface area contributed by atoms with E-state index in [1.165, 1.54) is 0 Å². The van der Waals surface area contributed by atoms with Crippen molar-refractivity contribution >= 4 is 11.9 Å². The second-order valence-corrected chi connectivity index (χ2v) is 5.74. The summed E-state index contributed by atoms with van der Waals surface area (Å²) in [5.41, 5.74) is 0.992. The third-order valence-corrected chi connectivity index (χ3v) is 3.85. The number of urea groups is 1. The first-order valence-electron chi connectivity index (χ1n) is 7.18. The number of piperidine rings is 1. The van der Waals surface area contributed by atoms with Crippen molar-refractivity contribution in [2.24, 2.45) is 5.92 Å². The minimum absolute atomic E-state index is 0.00751. The standard InChI is InChI=1S/C14H23N5O2/c1-17(2)14(21)19-6-4-12(5-7-19)13(20)18(3)10-11-8-15-16-9-11/h8-9,12H,4-7,10H2,1-3H3,(H,15,16). The summed E-state index contributed by atoms with van der Waals surface area (Å²) in [7, 11) is 5.31. The van der Waals surface area contributed by atoms with Crippen LogP contribution in [0.2, 0.25) is 0 Å². The Morgan fingerprint density at radius 1 is 1.33 bits per heavy atom. The minimum atomic E-state index is 0.00751. The van der Waals surface area contributed by atoms with Gasteiger partial charge in [-0.3, -0.25) is 9.89 Å². The van der Waals surface area contributed by atoms with Crippen LogP contribution >= 0.6 is 0 Å². The number of aromatic amines is 1. The van der Waals surface area contributed by atoms with Gasteiger partial charge in [-0.1, -0.05) is 0 Å². The molecule has 1 aliphatic rings. The van der Waals surface area contributed by atoms with E-state index in [4.69, 9.17) is 0 Å². The molecule has 0 spiro atoms. The van der Waals surface area contributed by atoms with Gasteiger partial charge in [0.25, 0.3) is 0 Å². The summed E-state index contributed by atoms with van der Waals surface area (Å²) in [4.78, 5) is 29.4. The zero-order valence-corrected chi connectivity index (χ0v) is 12.9. The number of H-pyrrole nitrogens is 1. The Morgan fingerprint density at radius 2 is 2.00 bits per heavy atom. The van der Waals surface area contributed by atoms with Crippen molar-refractivity contribution in [2.75, 3.05) is 34.2 Å². The van der Waals surface area contributed by atoms with Gasteiger partial charge in [0.15, 0.2) is 0 Å². The molecular weight excluding hydrogens is 270 g/mol. The largest absolute Gasteiger partial charge is 0.341 e. The molecule has 1 aromatic heterocycles. The topological polar surface area (TPSA) is 72.5 Å². The van der Waals surface area contributed by atoms with Crippen LogP contribution in [0.3, 0.4) is 0 Å². The smallest absolute Gasteiger partial charge is 0.319 e. The lowest BCUT2D eigenvalue weighted by Crippen LogP contribution is -2.46. The SMILES string of the molecule is CN(C)C(=O)N1CCC(C(=O)N(C)Cc2cn[nH]c2)CC1. The fourth-order valence-corrected chi connectivity index (χ4v) is 2.63. The Kier molecular flexibility index (Phi) is 4.82. The molecule has 2 rings (SSSR count). The summed E-state index contributed by atoms with van der Waals surface area (Å²) >= 11 is 0. The molecule has 21 heavy (non-hydrogen) atoms. The van der Waals surface area contributed by atoms with Crippen LogP contribution in [0.5, 0.6) is 0 Å². The quantitative estimate of drug-likeness (QED) is 0.894. The first-order chi connectivity index (χ1) is 9.99. The van der Waals surface area contributed by atoms with Crippen LogP contribution in [0.1, 0.15) is 18.4 Å². The molecule has 3 amide bonds. The van der Waals surface area contributed by atoms with Gasteiger partial charge in [-0.15, -0.1) is 0 Å². The molecule has 116 valence electrons. The average molecular weight is 293 g/mol. The van der Waals surface area contributed by atoms with E-state index < -0.39 is 0 Å². The second-order valence-electron chi connectivity index (χ2n) is 5.74. The molecule has 0 atom stereocenters. The summed E-state index contributed by atoms with van der Waals surface area (Å²) in [5.74, 6) is 0.154. The molecule has 0 unspecified atom stereocenters. The van der Waals surface area contributed by atoms with E-state index in [0.717, 1.165) is 18.4 Å². The Labute approximate surface area is 124 Å². The highest BCUT2D eigenvalue weighted by molar-refractivity contribution is 5.79. The van der Waals surface area contributed by atoms with E-state index in [-0.39, 0.29) is 17.9 Å². The van der Waals surface area contributed by atoms with Gasteiger partial charge >= 0.3 is 6.03 Å². The summed E-state index contributed by atoms with van der Waals surface area (Å²) in [6, 6.07) is 0.0210. The number of hydrogen-bond donors (Lipinski definition) is 1. The van der Waals surface area contributed by atoms with Crippen molar-refractivity contribution in [3.8, 4) is 0 Å². The Hall–Kier alpha value is -2.05. The molecule has 0 aromatic carbocycles. The highest BCUT2D eigenvalue weighted by atomic mass is 16.2. The molecule has 7 heteroatoms. The van der Waals surface area contributed by atoms with Crippen molar-refractivity contribution < 1.29 is 9.59 Å². The molecule has 1 fully saturated rings. The Morgan fingerprint density at radius 3 is 2.52 bits per heavy atom. The fraction of sp³-hybridized carbons (Fsp3) is 0.643. The lowest BCUT2D eigenvalue weighted by molar-refractivity contribution is -0.136. The lowest BCUT2D eigenvalue weighted by atomic mass is 9.95. The van der Waals surface area contributed by atoms with E-state index in [0.29, 0.717) is 19.6 Å². The summed E-state index contributed by atoms with van der Waals surface area (Å²) in [6.45, 7) is 1.85. The molecule has 7 nitrogen and oxygen atoms in total. The van der Waals surface area contributed by atoms with E-state index in [2.05, 4.69) is 10.2 Å². The van der Waals surface area contributed by atoms with Crippen LogP contribution in [0.4, 0.5) is 4.79 Å². The number of amides is 3. The van der Waals surface area contributed by atoms with Crippen molar-refractivity contribution in [3.63, 3.8) is 0 Å². The normalized spacial score (nSPS) is 15.9. The number of aromatic nitrogens is 2. The Bertz CT molecular complexity index is 478.